The van der Waals surface area contributed by atoms with Crippen molar-refractivity contribution in [2.45, 2.75) is 12.8 Å². The molecule has 0 bridgehead atoms. The van der Waals surface area contributed by atoms with E-state index in [-0.39, 0.29) is 48.5 Å². The normalized spacial score (nSPS) is 10.6. The first kappa shape index (κ1) is 21.1. The molecule has 2 aromatic carbocycles. The van der Waals surface area contributed by atoms with E-state index < -0.39 is 11.6 Å². The second-order valence-corrected chi connectivity index (χ2v) is 6.32. The number of ether oxygens (including phenoxy) is 1. The number of carbonyl (C=O) groups excluding carboxylic acids is 2. The Balaban J connectivity index is 1.53. The molecule has 7 nitrogen and oxygen atoms in total. The summed E-state index contributed by atoms with van der Waals surface area (Å²) in [5.74, 6) is -1.92. The highest BCUT2D eigenvalue weighted by Gasteiger charge is 2.16. The Morgan fingerprint density at radius 3 is 2.20 bits per heavy atom. The third-order valence-corrected chi connectivity index (χ3v) is 4.06. The molecule has 0 aliphatic carbocycles. The van der Waals surface area contributed by atoms with Crippen LogP contribution in [0.25, 0.3) is 11.3 Å². The van der Waals surface area contributed by atoms with Crippen molar-refractivity contribution in [3.8, 4) is 11.3 Å². The summed E-state index contributed by atoms with van der Waals surface area (Å²) in [6.45, 7) is -0.0510. The van der Waals surface area contributed by atoms with Crippen molar-refractivity contribution < 1.29 is 27.5 Å². The van der Waals surface area contributed by atoms with E-state index in [0.29, 0.717) is 11.4 Å². The number of nitrogens with one attached hydrogen (secondary N) is 2. The zero-order valence-electron chi connectivity index (χ0n) is 16.1. The first-order chi connectivity index (χ1) is 14.5. The number of anilines is 2. The topological polar surface area (TPSA) is 93.5 Å². The number of amides is 2. The van der Waals surface area contributed by atoms with Gasteiger partial charge in [-0.1, -0.05) is 6.07 Å². The van der Waals surface area contributed by atoms with Crippen LogP contribution in [0.4, 0.5) is 20.2 Å². The molecule has 0 fully saturated rings. The van der Waals surface area contributed by atoms with Crippen molar-refractivity contribution >= 4 is 23.2 Å². The Kier molecular flexibility index (Phi) is 6.87. The monoisotopic (exact) mass is 415 g/mol. The zero-order chi connectivity index (χ0) is 21.5. The molecule has 3 aromatic rings. The predicted molar refractivity (Wildman–Crippen MR) is 106 cm³/mol. The van der Waals surface area contributed by atoms with Gasteiger partial charge in [0.15, 0.2) is 11.7 Å². The molecule has 0 spiro atoms. The van der Waals surface area contributed by atoms with Gasteiger partial charge in [-0.05, 0) is 36.4 Å². The van der Waals surface area contributed by atoms with Crippen LogP contribution in [-0.4, -0.2) is 30.5 Å². The average Bonchev–Trinajstić information content (AvgIpc) is 3.16. The summed E-state index contributed by atoms with van der Waals surface area (Å²) in [4.78, 5) is 27.6. The number of rotatable bonds is 8. The maximum atomic E-state index is 13.8. The van der Waals surface area contributed by atoms with E-state index in [1.54, 1.807) is 24.3 Å². The van der Waals surface area contributed by atoms with Gasteiger partial charge in [0.05, 0.1) is 11.8 Å². The van der Waals surface area contributed by atoms with Crippen molar-refractivity contribution in [1.82, 2.24) is 4.98 Å². The van der Waals surface area contributed by atoms with Crippen molar-refractivity contribution in [3.05, 3.63) is 66.2 Å². The third kappa shape index (κ3) is 5.48. The molecule has 30 heavy (non-hydrogen) atoms. The summed E-state index contributed by atoms with van der Waals surface area (Å²) in [6.07, 6.45) is 1.45. The lowest BCUT2D eigenvalue weighted by Crippen LogP contribution is -2.17. The van der Waals surface area contributed by atoms with Gasteiger partial charge in [-0.25, -0.2) is 13.8 Å². The molecule has 2 N–H and O–H groups in total. The molecular formula is C21H19F2N3O4. The van der Waals surface area contributed by atoms with E-state index in [0.717, 1.165) is 12.1 Å². The molecule has 2 amide bonds. The second kappa shape index (κ2) is 9.75. The van der Waals surface area contributed by atoms with Gasteiger partial charge in [-0.2, -0.15) is 0 Å². The fourth-order valence-corrected chi connectivity index (χ4v) is 2.68. The molecule has 0 aliphatic heterocycles. The highest BCUT2D eigenvalue weighted by atomic mass is 19.1. The Hall–Kier alpha value is -3.59. The minimum Gasteiger partial charge on any atom is -0.441 e. The van der Waals surface area contributed by atoms with Gasteiger partial charge in [-0.3, -0.25) is 9.59 Å². The van der Waals surface area contributed by atoms with Crippen LogP contribution in [0.2, 0.25) is 0 Å². The van der Waals surface area contributed by atoms with E-state index >= 15 is 0 Å². The van der Waals surface area contributed by atoms with Crippen LogP contribution < -0.4 is 10.6 Å². The molecule has 1 heterocycles. The van der Waals surface area contributed by atoms with Gasteiger partial charge in [0.1, 0.15) is 18.2 Å². The molecule has 0 unspecified atom stereocenters. The number of nitrogens with zero attached hydrogens (tertiary/aromatic N) is 1. The standard InChI is InChI=1S/C21H19F2N3O4/c1-29-12-19(28)26-14-7-5-13(6-8-14)25-18(27)9-10-20-24-11-17(30-20)21-15(22)3-2-4-16(21)23/h2-8,11H,9-10,12H2,1H3,(H,25,27)(H,26,28). The Morgan fingerprint density at radius 2 is 1.60 bits per heavy atom. The van der Waals surface area contributed by atoms with E-state index in [9.17, 15) is 18.4 Å². The summed E-state index contributed by atoms with van der Waals surface area (Å²) in [5, 5.41) is 5.35. The number of aromatic nitrogens is 1. The lowest BCUT2D eigenvalue weighted by atomic mass is 10.1. The first-order valence-corrected chi connectivity index (χ1v) is 9.04. The SMILES string of the molecule is COCC(=O)Nc1ccc(NC(=O)CCc2ncc(-c3c(F)cccc3F)o2)cc1. The number of hydrogen-bond acceptors (Lipinski definition) is 5. The number of aryl methyl sites for hydroxylation is 1. The molecular weight excluding hydrogens is 396 g/mol. The fourth-order valence-electron chi connectivity index (χ4n) is 2.68. The Morgan fingerprint density at radius 1 is 1.00 bits per heavy atom. The zero-order valence-corrected chi connectivity index (χ0v) is 16.1. The van der Waals surface area contributed by atoms with E-state index in [4.69, 9.17) is 9.15 Å². The van der Waals surface area contributed by atoms with E-state index in [1.807, 2.05) is 0 Å². The largest absolute Gasteiger partial charge is 0.441 e. The van der Waals surface area contributed by atoms with Crippen LogP contribution in [0, 0.1) is 11.6 Å². The van der Waals surface area contributed by atoms with Gasteiger partial charge in [0.2, 0.25) is 11.8 Å². The number of methoxy groups -OCH3 is 1. The van der Waals surface area contributed by atoms with E-state index in [2.05, 4.69) is 15.6 Å². The van der Waals surface area contributed by atoms with Gasteiger partial charge < -0.3 is 19.8 Å². The van der Waals surface area contributed by atoms with Crippen LogP contribution in [0.3, 0.4) is 0 Å². The second-order valence-electron chi connectivity index (χ2n) is 6.32. The Labute approximate surface area is 171 Å². The molecule has 0 aliphatic rings. The fraction of sp³-hybridized carbons (Fsp3) is 0.190. The van der Waals surface area contributed by atoms with Crippen LogP contribution in [0.1, 0.15) is 12.3 Å². The van der Waals surface area contributed by atoms with Gasteiger partial charge >= 0.3 is 0 Å². The third-order valence-electron chi connectivity index (χ3n) is 4.06. The number of oxazole rings is 1. The molecule has 1 aromatic heterocycles. The quantitative estimate of drug-likeness (QED) is 0.584. The lowest BCUT2D eigenvalue weighted by Gasteiger charge is -2.07. The van der Waals surface area contributed by atoms with Crippen LogP contribution >= 0.6 is 0 Å². The maximum absolute atomic E-state index is 13.8. The summed E-state index contributed by atoms with van der Waals surface area (Å²) < 4.78 is 37.8. The summed E-state index contributed by atoms with van der Waals surface area (Å²) >= 11 is 0. The number of carbonyl (C=O) groups is 2. The summed E-state index contributed by atoms with van der Waals surface area (Å²) in [7, 11) is 1.43. The lowest BCUT2D eigenvalue weighted by molar-refractivity contribution is -0.119. The number of hydrogen-bond donors (Lipinski definition) is 2. The molecule has 0 saturated heterocycles. The van der Waals surface area contributed by atoms with E-state index in [1.165, 1.54) is 19.4 Å². The molecule has 0 saturated carbocycles. The van der Waals surface area contributed by atoms with Crippen molar-refractivity contribution in [3.63, 3.8) is 0 Å². The smallest absolute Gasteiger partial charge is 0.250 e. The minimum absolute atomic E-state index is 0.0351. The van der Waals surface area contributed by atoms with Gasteiger partial charge in [0.25, 0.3) is 0 Å². The van der Waals surface area contributed by atoms with Crippen LogP contribution in [0.15, 0.2) is 53.1 Å². The molecule has 3 rings (SSSR count). The minimum atomic E-state index is -0.753. The molecule has 0 atom stereocenters. The van der Waals surface area contributed by atoms with Crippen molar-refractivity contribution in [2.24, 2.45) is 0 Å². The molecule has 0 radical (unpaired) electrons. The summed E-state index contributed by atoms with van der Waals surface area (Å²) in [6, 6.07) is 10.1. The van der Waals surface area contributed by atoms with Crippen LogP contribution in [0.5, 0.6) is 0 Å². The average molecular weight is 415 g/mol. The molecule has 9 heteroatoms. The molecule has 156 valence electrons. The predicted octanol–water partition coefficient (Wildman–Crippen LogP) is 3.78. The Bertz CT molecular complexity index is 1010. The van der Waals surface area contributed by atoms with Crippen LogP contribution in [-0.2, 0) is 20.7 Å². The van der Waals surface area contributed by atoms with Crippen molar-refractivity contribution in [1.29, 1.82) is 0 Å². The maximum Gasteiger partial charge on any atom is 0.250 e. The number of benzene rings is 2. The van der Waals surface area contributed by atoms with Crippen molar-refractivity contribution in [2.75, 3.05) is 24.4 Å². The highest BCUT2D eigenvalue weighted by Crippen LogP contribution is 2.26. The number of halogens is 2. The van der Waals surface area contributed by atoms with Gasteiger partial charge in [0, 0.05) is 31.3 Å². The first-order valence-electron chi connectivity index (χ1n) is 9.04. The van der Waals surface area contributed by atoms with Gasteiger partial charge in [-0.15, -0.1) is 0 Å². The summed E-state index contributed by atoms with van der Waals surface area (Å²) in [5.41, 5.74) is 0.826. The highest BCUT2D eigenvalue weighted by molar-refractivity contribution is 5.93.